The summed E-state index contributed by atoms with van der Waals surface area (Å²) in [4.78, 5) is 0. The third-order valence-electron chi connectivity index (χ3n) is 3.21. The molecule has 0 spiro atoms. The number of rotatable bonds is 5. The van der Waals surface area contributed by atoms with Gasteiger partial charge in [-0.2, -0.15) is 0 Å². The van der Waals surface area contributed by atoms with Crippen LogP contribution in [0, 0.1) is 6.92 Å². The Balaban J connectivity index is 1.73. The van der Waals surface area contributed by atoms with Crippen LogP contribution in [0.25, 0.3) is 11.5 Å². The van der Waals surface area contributed by atoms with Gasteiger partial charge in [0, 0.05) is 10.6 Å². The highest BCUT2D eigenvalue weighted by Crippen LogP contribution is 2.29. The summed E-state index contributed by atoms with van der Waals surface area (Å²) in [7, 11) is 1.60. The Morgan fingerprint density at radius 2 is 1.96 bits per heavy atom. The number of aryl methyl sites for hydroxylation is 1. The van der Waals surface area contributed by atoms with Crippen molar-refractivity contribution in [3.63, 3.8) is 0 Å². The van der Waals surface area contributed by atoms with Gasteiger partial charge in [-0.3, -0.25) is 0 Å². The second-order valence-electron chi connectivity index (χ2n) is 4.95. The molecule has 2 aromatic carbocycles. The van der Waals surface area contributed by atoms with E-state index in [2.05, 4.69) is 10.2 Å². The van der Waals surface area contributed by atoms with Gasteiger partial charge in [-0.05, 0) is 42.8 Å². The summed E-state index contributed by atoms with van der Waals surface area (Å²) in [6.45, 7) is 2.15. The second-order valence-corrected chi connectivity index (χ2v) is 5.39. The number of nitrogens with zero attached hydrogens (tertiary/aromatic N) is 2. The maximum atomic E-state index is 5.96. The van der Waals surface area contributed by atoms with E-state index in [-0.39, 0.29) is 6.61 Å². The van der Waals surface area contributed by atoms with Gasteiger partial charge in [0.25, 0.3) is 5.89 Å². The zero-order chi connectivity index (χ0) is 16.2. The molecule has 23 heavy (non-hydrogen) atoms. The van der Waals surface area contributed by atoms with Crippen LogP contribution in [0.1, 0.15) is 11.5 Å². The van der Waals surface area contributed by atoms with Crippen LogP contribution in [-0.4, -0.2) is 17.3 Å². The Morgan fingerprint density at radius 1 is 1.09 bits per heavy atom. The molecule has 0 aliphatic rings. The first-order chi connectivity index (χ1) is 11.2. The molecule has 1 aromatic heterocycles. The Bertz CT molecular complexity index is 817. The lowest BCUT2D eigenvalue weighted by atomic mass is 10.2. The van der Waals surface area contributed by atoms with Crippen molar-refractivity contribution < 1.29 is 13.9 Å². The van der Waals surface area contributed by atoms with E-state index < -0.39 is 0 Å². The molecule has 6 heteroatoms. The SMILES string of the molecule is COc1cc(C)ccc1OCc1nnc(-c2cccc(Cl)c2)o1. The standard InChI is InChI=1S/C17H15ClN2O3/c1-11-6-7-14(15(8-11)21-2)22-10-16-19-20-17(23-16)12-4-3-5-13(18)9-12/h3-9H,10H2,1-2H3. The largest absolute Gasteiger partial charge is 0.493 e. The van der Waals surface area contributed by atoms with Crippen LogP contribution in [0.2, 0.25) is 5.02 Å². The molecule has 0 amide bonds. The second kappa shape index (κ2) is 6.71. The summed E-state index contributed by atoms with van der Waals surface area (Å²) in [6, 6.07) is 12.9. The fraction of sp³-hybridized carbons (Fsp3) is 0.176. The zero-order valence-electron chi connectivity index (χ0n) is 12.7. The minimum Gasteiger partial charge on any atom is -0.493 e. The molecular weight excluding hydrogens is 316 g/mol. The molecule has 0 fully saturated rings. The predicted octanol–water partition coefficient (Wildman–Crippen LogP) is 4.29. The molecule has 0 atom stereocenters. The maximum absolute atomic E-state index is 5.96. The Morgan fingerprint density at radius 3 is 2.74 bits per heavy atom. The molecule has 0 aliphatic carbocycles. The molecule has 3 aromatic rings. The van der Waals surface area contributed by atoms with Crippen molar-refractivity contribution in [1.82, 2.24) is 10.2 Å². The number of halogens is 1. The third-order valence-corrected chi connectivity index (χ3v) is 3.44. The quantitative estimate of drug-likeness (QED) is 0.698. The van der Waals surface area contributed by atoms with Crippen LogP contribution in [0.5, 0.6) is 11.5 Å². The highest BCUT2D eigenvalue weighted by molar-refractivity contribution is 6.30. The molecule has 5 nitrogen and oxygen atoms in total. The van der Waals surface area contributed by atoms with Crippen molar-refractivity contribution in [2.24, 2.45) is 0 Å². The van der Waals surface area contributed by atoms with Crippen LogP contribution < -0.4 is 9.47 Å². The third kappa shape index (κ3) is 3.63. The van der Waals surface area contributed by atoms with E-state index >= 15 is 0 Å². The summed E-state index contributed by atoms with van der Waals surface area (Å²) in [5.74, 6) is 2.07. The molecule has 0 radical (unpaired) electrons. The van der Waals surface area contributed by atoms with Gasteiger partial charge in [0.05, 0.1) is 7.11 Å². The maximum Gasteiger partial charge on any atom is 0.254 e. The lowest BCUT2D eigenvalue weighted by molar-refractivity contribution is 0.251. The monoisotopic (exact) mass is 330 g/mol. The van der Waals surface area contributed by atoms with Crippen molar-refractivity contribution in [3.05, 3.63) is 58.9 Å². The van der Waals surface area contributed by atoms with E-state index in [0.717, 1.165) is 11.1 Å². The lowest BCUT2D eigenvalue weighted by Crippen LogP contribution is -1.98. The van der Waals surface area contributed by atoms with Gasteiger partial charge in [-0.25, -0.2) is 0 Å². The predicted molar refractivity (Wildman–Crippen MR) is 86.8 cm³/mol. The Kier molecular flexibility index (Phi) is 4.48. The van der Waals surface area contributed by atoms with E-state index in [1.807, 2.05) is 37.3 Å². The van der Waals surface area contributed by atoms with Gasteiger partial charge in [0.15, 0.2) is 18.1 Å². The highest BCUT2D eigenvalue weighted by atomic mass is 35.5. The summed E-state index contributed by atoms with van der Waals surface area (Å²) < 4.78 is 16.6. The highest BCUT2D eigenvalue weighted by Gasteiger charge is 2.11. The number of hydrogen-bond acceptors (Lipinski definition) is 5. The Hall–Kier alpha value is -2.53. The van der Waals surface area contributed by atoms with Crippen LogP contribution in [0.3, 0.4) is 0 Å². The van der Waals surface area contributed by atoms with E-state index in [0.29, 0.717) is 28.3 Å². The molecule has 0 saturated carbocycles. The normalized spacial score (nSPS) is 10.6. The number of ether oxygens (including phenoxy) is 2. The van der Waals surface area contributed by atoms with Crippen molar-refractivity contribution in [3.8, 4) is 23.0 Å². The van der Waals surface area contributed by atoms with Gasteiger partial charge in [0.1, 0.15) is 0 Å². The number of benzene rings is 2. The van der Waals surface area contributed by atoms with Gasteiger partial charge in [-0.15, -0.1) is 10.2 Å². The summed E-state index contributed by atoms with van der Waals surface area (Å²) >= 11 is 5.96. The van der Waals surface area contributed by atoms with Crippen molar-refractivity contribution >= 4 is 11.6 Å². The molecule has 1 heterocycles. The molecular formula is C17H15ClN2O3. The molecule has 0 N–H and O–H groups in total. The van der Waals surface area contributed by atoms with E-state index in [1.165, 1.54) is 0 Å². The van der Waals surface area contributed by atoms with Crippen LogP contribution in [0.4, 0.5) is 0 Å². The van der Waals surface area contributed by atoms with Crippen LogP contribution in [0.15, 0.2) is 46.9 Å². The van der Waals surface area contributed by atoms with Gasteiger partial charge in [0.2, 0.25) is 5.89 Å². The number of methoxy groups -OCH3 is 1. The molecule has 0 bridgehead atoms. The zero-order valence-corrected chi connectivity index (χ0v) is 13.5. The van der Waals surface area contributed by atoms with Crippen molar-refractivity contribution in [2.75, 3.05) is 7.11 Å². The fourth-order valence-corrected chi connectivity index (χ4v) is 2.27. The minimum atomic E-state index is 0.160. The van der Waals surface area contributed by atoms with E-state index in [4.69, 9.17) is 25.5 Å². The van der Waals surface area contributed by atoms with Crippen LogP contribution >= 0.6 is 11.6 Å². The van der Waals surface area contributed by atoms with Crippen molar-refractivity contribution in [1.29, 1.82) is 0 Å². The fourth-order valence-electron chi connectivity index (χ4n) is 2.08. The Labute approximate surface area is 138 Å². The summed E-state index contributed by atoms with van der Waals surface area (Å²) in [6.07, 6.45) is 0. The molecule has 0 saturated heterocycles. The first kappa shape index (κ1) is 15.4. The average Bonchev–Trinajstić information content (AvgIpc) is 3.02. The summed E-state index contributed by atoms with van der Waals surface area (Å²) in [5, 5.41) is 8.61. The smallest absolute Gasteiger partial charge is 0.254 e. The number of hydrogen-bond donors (Lipinski definition) is 0. The molecule has 3 rings (SSSR count). The minimum absolute atomic E-state index is 0.160. The molecule has 118 valence electrons. The summed E-state index contributed by atoms with van der Waals surface area (Å²) in [5.41, 5.74) is 1.86. The van der Waals surface area contributed by atoms with E-state index in [1.54, 1.807) is 19.2 Å². The van der Waals surface area contributed by atoms with Gasteiger partial charge in [-0.1, -0.05) is 23.7 Å². The number of aromatic nitrogens is 2. The first-order valence-corrected chi connectivity index (χ1v) is 7.39. The first-order valence-electron chi connectivity index (χ1n) is 7.01. The van der Waals surface area contributed by atoms with Crippen LogP contribution in [-0.2, 0) is 6.61 Å². The topological polar surface area (TPSA) is 57.4 Å². The van der Waals surface area contributed by atoms with Gasteiger partial charge < -0.3 is 13.9 Å². The molecule has 0 aliphatic heterocycles. The van der Waals surface area contributed by atoms with Crippen molar-refractivity contribution in [2.45, 2.75) is 13.5 Å². The molecule has 0 unspecified atom stereocenters. The van der Waals surface area contributed by atoms with Gasteiger partial charge >= 0.3 is 0 Å². The lowest BCUT2D eigenvalue weighted by Gasteiger charge is -2.09. The van der Waals surface area contributed by atoms with E-state index in [9.17, 15) is 0 Å². The average molecular weight is 331 g/mol.